The monoisotopic (exact) mass is 260 g/mol. The first-order valence-electron chi connectivity index (χ1n) is 6.16. The van der Waals surface area contributed by atoms with Crippen molar-refractivity contribution in [3.8, 4) is 0 Å². The molecule has 5 heteroatoms. The highest BCUT2D eigenvalue weighted by Gasteiger charge is 2.40. The van der Waals surface area contributed by atoms with Crippen LogP contribution in [0.2, 0.25) is 18.1 Å². The molecule has 1 aliphatic heterocycles. The van der Waals surface area contributed by atoms with Crippen LogP contribution in [0, 0.1) is 0 Å². The van der Waals surface area contributed by atoms with Gasteiger partial charge in [0.1, 0.15) is 0 Å². The quantitative estimate of drug-likeness (QED) is 0.793. The largest absolute Gasteiger partial charge is 0.479 e. The molecule has 0 radical (unpaired) electrons. The maximum atomic E-state index is 10.7. The van der Waals surface area contributed by atoms with Gasteiger partial charge in [-0.15, -0.1) is 0 Å². The molecule has 0 amide bonds. The number of hydrogen-bond acceptors (Lipinski definition) is 3. The van der Waals surface area contributed by atoms with Crippen LogP contribution in [0.3, 0.4) is 0 Å². The second-order valence-electron chi connectivity index (χ2n) is 6.24. The molecule has 0 aliphatic carbocycles. The van der Waals surface area contributed by atoms with E-state index >= 15 is 0 Å². The van der Waals surface area contributed by atoms with E-state index in [2.05, 4.69) is 33.9 Å². The van der Waals surface area contributed by atoms with E-state index in [4.69, 9.17) is 14.3 Å². The van der Waals surface area contributed by atoms with E-state index in [0.29, 0.717) is 13.0 Å². The second-order valence-corrected chi connectivity index (χ2v) is 11.0. The lowest BCUT2D eigenvalue weighted by atomic mass is 10.1. The van der Waals surface area contributed by atoms with Gasteiger partial charge >= 0.3 is 5.97 Å². The minimum absolute atomic E-state index is 0.0616. The van der Waals surface area contributed by atoms with Gasteiger partial charge in [0.2, 0.25) is 0 Å². The number of aliphatic carboxylic acids is 1. The maximum Gasteiger partial charge on any atom is 0.332 e. The summed E-state index contributed by atoms with van der Waals surface area (Å²) in [5.41, 5.74) is 0. The number of hydrogen-bond donors (Lipinski definition) is 1. The Morgan fingerprint density at radius 1 is 1.35 bits per heavy atom. The summed E-state index contributed by atoms with van der Waals surface area (Å²) in [6.07, 6.45) is 0.749. The summed E-state index contributed by atoms with van der Waals surface area (Å²) in [6, 6.07) is 0. The molecule has 1 fully saturated rings. The van der Waals surface area contributed by atoms with Crippen LogP contribution in [-0.2, 0) is 14.0 Å². The zero-order valence-corrected chi connectivity index (χ0v) is 12.4. The summed E-state index contributed by atoms with van der Waals surface area (Å²) in [4.78, 5) is 10.7. The molecule has 1 N–H and O–H groups in total. The van der Waals surface area contributed by atoms with E-state index in [1.165, 1.54) is 0 Å². The first-order chi connectivity index (χ1) is 7.63. The van der Waals surface area contributed by atoms with Gasteiger partial charge in [-0.2, -0.15) is 0 Å². The Hall–Kier alpha value is -0.393. The highest BCUT2D eigenvalue weighted by molar-refractivity contribution is 6.74. The molecule has 1 aliphatic rings. The van der Waals surface area contributed by atoms with Gasteiger partial charge in [-0.3, -0.25) is 0 Å². The predicted molar refractivity (Wildman–Crippen MR) is 68.7 cm³/mol. The fourth-order valence-electron chi connectivity index (χ4n) is 1.61. The van der Waals surface area contributed by atoms with Crippen molar-refractivity contribution in [2.45, 2.75) is 64.0 Å². The number of rotatable bonds is 3. The Morgan fingerprint density at radius 2 is 1.94 bits per heavy atom. The minimum atomic E-state index is -1.77. The standard InChI is InChI=1S/C12H24O4Si/c1-12(2,3)17(4,5)16-9-6-7-10(11(13)14)15-8-9/h9-10H,6-8H2,1-5H3,(H,13,14)/t9-,10+/m1/s1. The summed E-state index contributed by atoms with van der Waals surface area (Å²) in [7, 11) is -1.77. The molecule has 0 aromatic carbocycles. The van der Waals surface area contributed by atoms with Gasteiger partial charge in [-0.05, 0) is 31.0 Å². The summed E-state index contributed by atoms with van der Waals surface area (Å²) in [6.45, 7) is 11.4. The van der Waals surface area contributed by atoms with E-state index in [1.807, 2.05) is 0 Å². The van der Waals surface area contributed by atoms with Crippen LogP contribution < -0.4 is 0 Å². The number of carboxylic acids is 1. The van der Waals surface area contributed by atoms with Gasteiger partial charge in [0.15, 0.2) is 14.4 Å². The molecule has 0 unspecified atom stereocenters. The number of ether oxygens (including phenoxy) is 1. The summed E-state index contributed by atoms with van der Waals surface area (Å²) < 4.78 is 11.5. The maximum absolute atomic E-state index is 10.7. The highest BCUT2D eigenvalue weighted by Crippen LogP contribution is 2.38. The van der Waals surface area contributed by atoms with Crippen molar-refractivity contribution in [1.82, 2.24) is 0 Å². The van der Waals surface area contributed by atoms with Crippen molar-refractivity contribution < 1.29 is 19.1 Å². The number of carbonyl (C=O) groups is 1. The van der Waals surface area contributed by atoms with E-state index in [0.717, 1.165) is 6.42 Å². The molecule has 0 spiro atoms. The molecule has 0 saturated carbocycles. The first kappa shape index (κ1) is 14.7. The third-order valence-corrected chi connectivity index (χ3v) is 8.31. The van der Waals surface area contributed by atoms with Crippen LogP contribution in [0.5, 0.6) is 0 Å². The Labute approximate surface area is 104 Å². The SMILES string of the molecule is CC(C)(C)[Si](C)(C)O[C@@H]1CC[C@@H](C(=O)O)OC1. The van der Waals surface area contributed by atoms with Crippen LogP contribution in [0.15, 0.2) is 0 Å². The van der Waals surface area contributed by atoms with Crippen molar-refractivity contribution in [2.75, 3.05) is 6.61 Å². The lowest BCUT2D eigenvalue weighted by molar-refractivity contribution is -0.157. The zero-order valence-electron chi connectivity index (χ0n) is 11.4. The topological polar surface area (TPSA) is 55.8 Å². The molecule has 4 nitrogen and oxygen atoms in total. The smallest absolute Gasteiger partial charge is 0.332 e. The molecule has 1 saturated heterocycles. The van der Waals surface area contributed by atoms with E-state index in [9.17, 15) is 4.79 Å². The fourth-order valence-corrected chi connectivity index (χ4v) is 2.98. The third kappa shape index (κ3) is 3.79. The normalized spacial score (nSPS) is 26.9. The molecule has 100 valence electrons. The van der Waals surface area contributed by atoms with Gasteiger partial charge in [-0.1, -0.05) is 20.8 Å². The van der Waals surface area contributed by atoms with E-state index < -0.39 is 20.4 Å². The Kier molecular flexibility index (Phi) is 4.38. The molecule has 1 rings (SSSR count). The van der Waals surface area contributed by atoms with Crippen molar-refractivity contribution in [3.05, 3.63) is 0 Å². The molecular weight excluding hydrogens is 236 g/mol. The average molecular weight is 260 g/mol. The average Bonchev–Trinajstić information content (AvgIpc) is 2.16. The zero-order chi connectivity index (χ0) is 13.3. The predicted octanol–water partition coefficient (Wildman–Crippen LogP) is 2.64. The molecule has 2 atom stereocenters. The lowest BCUT2D eigenvalue weighted by Gasteiger charge is -2.40. The first-order valence-corrected chi connectivity index (χ1v) is 9.06. The Bertz CT molecular complexity index is 275. The Morgan fingerprint density at radius 3 is 2.29 bits per heavy atom. The molecule has 0 aromatic rings. The van der Waals surface area contributed by atoms with Crippen LogP contribution in [0.1, 0.15) is 33.6 Å². The third-order valence-electron chi connectivity index (χ3n) is 3.78. The van der Waals surface area contributed by atoms with Crippen molar-refractivity contribution in [3.63, 3.8) is 0 Å². The Balaban J connectivity index is 2.48. The van der Waals surface area contributed by atoms with Crippen molar-refractivity contribution in [2.24, 2.45) is 0 Å². The van der Waals surface area contributed by atoms with Crippen LogP contribution in [-0.4, -0.2) is 38.2 Å². The van der Waals surface area contributed by atoms with Gasteiger partial charge in [0, 0.05) is 0 Å². The summed E-state index contributed by atoms with van der Waals surface area (Å²) in [5, 5.41) is 9.01. The molecular formula is C12H24O4Si. The lowest BCUT2D eigenvalue weighted by Crippen LogP contribution is -2.47. The van der Waals surface area contributed by atoms with Crippen molar-refractivity contribution in [1.29, 1.82) is 0 Å². The highest BCUT2D eigenvalue weighted by atomic mass is 28.4. The number of carboxylic acid groups (broad SMARTS) is 1. The van der Waals surface area contributed by atoms with Gasteiger partial charge < -0.3 is 14.3 Å². The van der Waals surface area contributed by atoms with Crippen LogP contribution in [0.4, 0.5) is 0 Å². The molecule has 17 heavy (non-hydrogen) atoms. The molecule has 0 aromatic heterocycles. The summed E-state index contributed by atoms with van der Waals surface area (Å²) >= 11 is 0. The van der Waals surface area contributed by atoms with Crippen LogP contribution >= 0.6 is 0 Å². The van der Waals surface area contributed by atoms with Crippen molar-refractivity contribution >= 4 is 14.3 Å². The molecule has 0 bridgehead atoms. The van der Waals surface area contributed by atoms with E-state index in [-0.39, 0.29) is 11.1 Å². The molecule has 1 heterocycles. The minimum Gasteiger partial charge on any atom is -0.479 e. The summed E-state index contributed by atoms with van der Waals surface area (Å²) in [5.74, 6) is -0.865. The van der Waals surface area contributed by atoms with Gasteiger partial charge in [0.25, 0.3) is 0 Å². The van der Waals surface area contributed by atoms with E-state index in [1.54, 1.807) is 0 Å². The van der Waals surface area contributed by atoms with Gasteiger partial charge in [0.05, 0.1) is 12.7 Å². The van der Waals surface area contributed by atoms with Crippen LogP contribution in [0.25, 0.3) is 0 Å². The van der Waals surface area contributed by atoms with Gasteiger partial charge in [-0.25, -0.2) is 4.79 Å². The second kappa shape index (κ2) is 5.08. The fraction of sp³-hybridized carbons (Fsp3) is 0.917.